The minimum atomic E-state index is -0.821. The van der Waals surface area contributed by atoms with Crippen LogP contribution in [0, 0.1) is 0 Å². The van der Waals surface area contributed by atoms with Crippen LogP contribution in [0.2, 0.25) is 0 Å². The van der Waals surface area contributed by atoms with Crippen LogP contribution in [-0.2, 0) is 10.2 Å². The lowest BCUT2D eigenvalue weighted by Gasteiger charge is -2.22. The molecule has 1 rings (SSSR count). The van der Waals surface area contributed by atoms with Gasteiger partial charge in [-0.05, 0) is 29.0 Å². The zero-order chi connectivity index (χ0) is 13.2. The Balaban J connectivity index is 3.25. The average Bonchev–Trinajstić information content (AvgIpc) is 2.19. The largest absolute Gasteiger partial charge is 0.508 e. The van der Waals surface area contributed by atoms with Gasteiger partial charge in [-0.25, -0.2) is 0 Å². The molecule has 0 saturated heterocycles. The van der Waals surface area contributed by atoms with Crippen LogP contribution in [-0.4, -0.2) is 16.2 Å². The number of carboxylic acid groups (broad SMARTS) is 1. The van der Waals surface area contributed by atoms with Crippen molar-refractivity contribution in [2.75, 3.05) is 0 Å². The maximum Gasteiger partial charge on any atom is 0.310 e. The van der Waals surface area contributed by atoms with E-state index in [0.29, 0.717) is 6.42 Å². The van der Waals surface area contributed by atoms with E-state index in [1.807, 2.05) is 27.7 Å². The van der Waals surface area contributed by atoms with Gasteiger partial charge in [0.05, 0.1) is 5.92 Å². The molecule has 1 atom stereocenters. The van der Waals surface area contributed by atoms with Crippen molar-refractivity contribution in [3.63, 3.8) is 0 Å². The summed E-state index contributed by atoms with van der Waals surface area (Å²) in [6.45, 7) is 7.83. The molecule has 0 bridgehead atoms. The van der Waals surface area contributed by atoms with Crippen molar-refractivity contribution >= 4 is 5.97 Å². The van der Waals surface area contributed by atoms with Gasteiger partial charge in [-0.3, -0.25) is 4.79 Å². The van der Waals surface area contributed by atoms with Gasteiger partial charge in [0.1, 0.15) is 5.75 Å². The minimum absolute atomic E-state index is 0.198. The Morgan fingerprint density at radius 1 is 1.35 bits per heavy atom. The highest BCUT2D eigenvalue weighted by Crippen LogP contribution is 2.33. The highest BCUT2D eigenvalue weighted by molar-refractivity contribution is 5.76. The second kappa shape index (κ2) is 4.78. The molecule has 17 heavy (non-hydrogen) atoms. The summed E-state index contributed by atoms with van der Waals surface area (Å²) in [5.74, 6) is -1.10. The van der Waals surface area contributed by atoms with Crippen LogP contribution in [0.4, 0.5) is 0 Å². The van der Waals surface area contributed by atoms with Gasteiger partial charge in [0.25, 0.3) is 0 Å². The fourth-order valence-corrected chi connectivity index (χ4v) is 1.92. The summed E-state index contributed by atoms with van der Waals surface area (Å²) in [6, 6.07) is 5.08. The lowest BCUT2D eigenvalue weighted by Crippen LogP contribution is -2.15. The molecule has 0 fully saturated rings. The summed E-state index contributed by atoms with van der Waals surface area (Å²) in [4.78, 5) is 11.1. The lowest BCUT2D eigenvalue weighted by molar-refractivity contribution is -0.138. The summed E-state index contributed by atoms with van der Waals surface area (Å²) >= 11 is 0. The molecular weight excluding hydrogens is 216 g/mol. The maximum atomic E-state index is 11.1. The summed E-state index contributed by atoms with van der Waals surface area (Å²) in [5.41, 5.74) is 1.34. The molecule has 0 heterocycles. The van der Waals surface area contributed by atoms with Crippen molar-refractivity contribution in [3.05, 3.63) is 29.3 Å². The van der Waals surface area contributed by atoms with Crippen molar-refractivity contribution in [2.45, 2.75) is 45.4 Å². The van der Waals surface area contributed by atoms with E-state index in [0.717, 1.165) is 11.1 Å². The number of phenolic OH excluding ortho intramolecular Hbond substituents is 1. The predicted octanol–water partition coefficient (Wildman–Crippen LogP) is 3.27. The van der Waals surface area contributed by atoms with E-state index in [1.54, 1.807) is 18.2 Å². The first kappa shape index (κ1) is 13.6. The first-order valence-electron chi connectivity index (χ1n) is 5.83. The van der Waals surface area contributed by atoms with Gasteiger partial charge in [-0.15, -0.1) is 0 Å². The molecule has 0 spiro atoms. The van der Waals surface area contributed by atoms with Crippen molar-refractivity contribution in [1.82, 2.24) is 0 Å². The third-order valence-electron chi connectivity index (χ3n) is 2.94. The number of rotatable bonds is 3. The Morgan fingerprint density at radius 2 is 1.94 bits per heavy atom. The van der Waals surface area contributed by atoms with Crippen LogP contribution >= 0.6 is 0 Å². The molecule has 94 valence electrons. The Labute approximate surface area is 102 Å². The zero-order valence-electron chi connectivity index (χ0n) is 10.8. The maximum absolute atomic E-state index is 11.1. The van der Waals surface area contributed by atoms with Crippen molar-refractivity contribution in [3.8, 4) is 5.75 Å². The number of aromatic hydroxyl groups is 1. The molecule has 0 amide bonds. The molecule has 3 nitrogen and oxygen atoms in total. The smallest absolute Gasteiger partial charge is 0.310 e. The molecule has 0 aliphatic heterocycles. The van der Waals surface area contributed by atoms with Gasteiger partial charge in [-0.1, -0.05) is 39.8 Å². The molecule has 0 aliphatic rings. The van der Waals surface area contributed by atoms with Crippen LogP contribution in [0.5, 0.6) is 5.75 Å². The molecule has 3 heteroatoms. The number of carboxylic acids is 1. The second-order valence-electron chi connectivity index (χ2n) is 5.33. The van der Waals surface area contributed by atoms with E-state index in [9.17, 15) is 9.90 Å². The molecular formula is C14H20O3. The molecule has 0 saturated carbocycles. The summed E-state index contributed by atoms with van der Waals surface area (Å²) in [5, 5.41) is 18.9. The van der Waals surface area contributed by atoms with Crippen LogP contribution < -0.4 is 0 Å². The molecule has 1 aromatic rings. The van der Waals surface area contributed by atoms with E-state index in [1.165, 1.54) is 0 Å². The van der Waals surface area contributed by atoms with E-state index in [2.05, 4.69) is 0 Å². The third-order valence-corrected chi connectivity index (χ3v) is 2.94. The fraction of sp³-hybridized carbons (Fsp3) is 0.500. The topological polar surface area (TPSA) is 57.5 Å². The normalized spacial score (nSPS) is 13.4. The summed E-state index contributed by atoms with van der Waals surface area (Å²) in [6.07, 6.45) is 0.545. The zero-order valence-corrected chi connectivity index (χ0v) is 10.8. The summed E-state index contributed by atoms with van der Waals surface area (Å²) < 4.78 is 0. The van der Waals surface area contributed by atoms with Gasteiger partial charge in [-0.2, -0.15) is 0 Å². The van der Waals surface area contributed by atoms with Crippen molar-refractivity contribution in [1.29, 1.82) is 0 Å². The monoisotopic (exact) mass is 236 g/mol. The molecule has 0 aliphatic carbocycles. The van der Waals surface area contributed by atoms with Gasteiger partial charge < -0.3 is 10.2 Å². The first-order chi connectivity index (χ1) is 7.77. The van der Waals surface area contributed by atoms with Crippen LogP contribution in [0.1, 0.15) is 51.2 Å². The van der Waals surface area contributed by atoms with Crippen LogP contribution in [0.15, 0.2) is 18.2 Å². The first-order valence-corrected chi connectivity index (χ1v) is 5.83. The summed E-state index contributed by atoms with van der Waals surface area (Å²) in [7, 11) is 0. The molecule has 0 radical (unpaired) electrons. The van der Waals surface area contributed by atoms with E-state index < -0.39 is 11.9 Å². The Kier molecular flexibility index (Phi) is 3.81. The number of benzene rings is 1. The lowest BCUT2D eigenvalue weighted by atomic mass is 9.83. The highest BCUT2D eigenvalue weighted by atomic mass is 16.4. The Morgan fingerprint density at radius 3 is 2.35 bits per heavy atom. The highest BCUT2D eigenvalue weighted by Gasteiger charge is 2.23. The van der Waals surface area contributed by atoms with E-state index in [4.69, 9.17) is 5.11 Å². The van der Waals surface area contributed by atoms with Crippen LogP contribution in [0.3, 0.4) is 0 Å². The minimum Gasteiger partial charge on any atom is -0.508 e. The number of phenols is 1. The molecule has 1 unspecified atom stereocenters. The van der Waals surface area contributed by atoms with E-state index in [-0.39, 0.29) is 11.2 Å². The third kappa shape index (κ3) is 2.99. The SMILES string of the molecule is CCC(C(=O)O)c1ccc(O)c(C(C)(C)C)c1. The van der Waals surface area contributed by atoms with Crippen molar-refractivity contribution in [2.24, 2.45) is 0 Å². The Bertz CT molecular complexity index is 416. The molecule has 1 aromatic carbocycles. The molecule has 2 N–H and O–H groups in total. The second-order valence-corrected chi connectivity index (χ2v) is 5.33. The Hall–Kier alpha value is -1.51. The number of aliphatic carboxylic acids is 1. The van der Waals surface area contributed by atoms with Gasteiger partial charge in [0.2, 0.25) is 0 Å². The standard InChI is InChI=1S/C14H20O3/c1-5-10(13(16)17)9-6-7-12(15)11(8-9)14(2,3)4/h6-8,10,15H,5H2,1-4H3,(H,16,17). The quantitative estimate of drug-likeness (QED) is 0.846. The average molecular weight is 236 g/mol. The van der Waals surface area contributed by atoms with Gasteiger partial charge in [0, 0.05) is 0 Å². The van der Waals surface area contributed by atoms with Crippen molar-refractivity contribution < 1.29 is 15.0 Å². The van der Waals surface area contributed by atoms with Gasteiger partial charge in [0.15, 0.2) is 0 Å². The van der Waals surface area contributed by atoms with Gasteiger partial charge >= 0.3 is 5.97 Å². The number of carbonyl (C=O) groups is 1. The number of hydrogen-bond donors (Lipinski definition) is 2. The number of hydrogen-bond acceptors (Lipinski definition) is 2. The predicted molar refractivity (Wildman–Crippen MR) is 67.5 cm³/mol. The fourth-order valence-electron chi connectivity index (χ4n) is 1.92. The van der Waals surface area contributed by atoms with Crippen LogP contribution in [0.25, 0.3) is 0 Å². The van der Waals surface area contributed by atoms with E-state index >= 15 is 0 Å². The molecule has 0 aromatic heterocycles.